The Balaban J connectivity index is 1.11. The Morgan fingerprint density at radius 2 is 1.23 bits per heavy atom. The molecule has 1 saturated heterocycles. The first kappa shape index (κ1) is 47.8. The average molecular weight is 837 g/mol. The number of hydrogen-bond donors (Lipinski definition) is 2. The minimum atomic E-state index is -1.11. The molecule has 14 atom stereocenters. The van der Waals surface area contributed by atoms with Crippen LogP contribution < -0.4 is 0 Å². The molecule has 5 aliphatic rings. The van der Waals surface area contributed by atoms with E-state index in [1.165, 1.54) is 11.1 Å². The van der Waals surface area contributed by atoms with Crippen molar-refractivity contribution in [1.29, 1.82) is 0 Å². The Morgan fingerprint density at radius 3 is 1.73 bits per heavy atom. The molecule has 0 bridgehead atoms. The Bertz CT molecular complexity index is 1650. The van der Waals surface area contributed by atoms with Crippen molar-refractivity contribution >= 4 is 23.9 Å². The van der Waals surface area contributed by atoms with Crippen LogP contribution in [0, 0.1) is 58.2 Å². The van der Waals surface area contributed by atoms with Crippen LogP contribution in [-0.2, 0) is 38.1 Å². The molecule has 0 spiro atoms. The number of hydrogen-bond acceptors (Lipinski definition) is 10. The number of aliphatic hydroxyl groups is 2. The summed E-state index contributed by atoms with van der Waals surface area (Å²) in [6.07, 6.45) is 15.2. The largest absolute Gasteiger partial charge is 0.462 e. The van der Waals surface area contributed by atoms with Gasteiger partial charge in [0.25, 0.3) is 0 Å². The van der Waals surface area contributed by atoms with E-state index in [-0.39, 0.29) is 90.8 Å². The van der Waals surface area contributed by atoms with Gasteiger partial charge in [-0.05, 0) is 132 Å². The van der Waals surface area contributed by atoms with Gasteiger partial charge in [-0.15, -0.1) is 0 Å². The molecular formula is C50H76O10. The zero-order chi connectivity index (χ0) is 44.1. The molecule has 0 radical (unpaired) electrons. The van der Waals surface area contributed by atoms with Crippen LogP contribution in [-0.4, -0.2) is 70.7 Å². The summed E-state index contributed by atoms with van der Waals surface area (Å²) in [5, 5.41) is 22.0. The Labute approximate surface area is 360 Å². The molecule has 5 rings (SSSR count). The second-order valence-corrected chi connectivity index (χ2v) is 20.5. The van der Waals surface area contributed by atoms with Gasteiger partial charge in [-0.1, -0.05) is 78.0 Å². The van der Waals surface area contributed by atoms with Gasteiger partial charge in [0.05, 0.1) is 35.9 Å². The van der Waals surface area contributed by atoms with Gasteiger partial charge in [-0.3, -0.25) is 19.2 Å². The lowest BCUT2D eigenvalue weighted by molar-refractivity contribution is -0.172. The van der Waals surface area contributed by atoms with Gasteiger partial charge < -0.3 is 29.2 Å². The lowest BCUT2D eigenvalue weighted by Crippen LogP contribution is -2.43. The maximum atomic E-state index is 13.2. The molecule has 0 aromatic carbocycles. The van der Waals surface area contributed by atoms with Gasteiger partial charge >= 0.3 is 23.9 Å². The molecule has 0 saturated carbocycles. The van der Waals surface area contributed by atoms with Crippen molar-refractivity contribution in [2.24, 2.45) is 58.2 Å². The SMILES string of the molecule is CCC(C)(C)C(=O)OC1C[C@@H](C)C=C2C=C[C@H](C)[C@H](CC[C@@H](O)C[C@@H](O)CC(=O)O[C@H]3CC(=O)O[C@H](CC[C@@H]4[C@@H]5C(=C[C@H](C)C[C@@H]5OC(=O)C(C)(C)CC)C=C[C@@H]4C)C3)[C@H]21. The number of fused-ring (bicyclic) bond motifs is 2. The number of allylic oxidation sites excluding steroid dienone is 6. The second kappa shape index (κ2) is 20.3. The summed E-state index contributed by atoms with van der Waals surface area (Å²) in [5.41, 5.74) is 1.26. The first-order chi connectivity index (χ1) is 28.2. The van der Waals surface area contributed by atoms with E-state index in [2.05, 4.69) is 64.2 Å². The minimum Gasteiger partial charge on any atom is -0.462 e. The maximum Gasteiger partial charge on any atom is 0.311 e. The third-order valence-electron chi connectivity index (χ3n) is 14.7. The fourth-order valence-corrected chi connectivity index (χ4v) is 10.1. The van der Waals surface area contributed by atoms with Crippen LogP contribution >= 0.6 is 0 Å². The number of esters is 4. The van der Waals surface area contributed by atoms with Crippen molar-refractivity contribution in [3.05, 3.63) is 47.6 Å². The van der Waals surface area contributed by atoms with E-state index in [0.29, 0.717) is 38.5 Å². The standard InChI is InChI=1S/C50H76O10/c1-11-49(7,8)47(55)59-41-23-29(3)21-33-15-13-31(5)39(45(33)41)19-17-35(51)25-36(52)26-43(53)58-38-27-37(57-44(54)28-38)18-20-40-32(6)14-16-34-22-30(4)24-42(46(34)40)60-48(56)50(9,10)12-2/h13-16,21-22,29-32,35-42,45-46,51-52H,11-12,17-20,23-28H2,1-10H3/t29-,30-,31-,32-,35+,36+,37+,38+,39-,40-,41?,42-,45-,46-/m0/s1. The summed E-state index contributed by atoms with van der Waals surface area (Å²) in [6, 6.07) is 0. The number of ether oxygens (including phenoxy) is 4. The second-order valence-electron chi connectivity index (χ2n) is 20.5. The van der Waals surface area contributed by atoms with E-state index in [0.717, 1.165) is 19.3 Å². The molecule has 1 fully saturated rings. The van der Waals surface area contributed by atoms with Crippen LogP contribution in [0.15, 0.2) is 47.6 Å². The van der Waals surface area contributed by atoms with Gasteiger partial charge in [-0.25, -0.2) is 0 Å². The highest BCUT2D eigenvalue weighted by atomic mass is 16.6. The summed E-state index contributed by atoms with van der Waals surface area (Å²) in [6.45, 7) is 20.3. The highest BCUT2D eigenvalue weighted by Crippen LogP contribution is 2.47. The molecule has 0 amide bonds. The van der Waals surface area contributed by atoms with Gasteiger partial charge in [-0.2, -0.15) is 0 Å². The van der Waals surface area contributed by atoms with Crippen molar-refractivity contribution < 1.29 is 48.3 Å². The molecule has 1 aliphatic heterocycles. The van der Waals surface area contributed by atoms with Gasteiger partial charge in [0.15, 0.2) is 0 Å². The van der Waals surface area contributed by atoms with Crippen molar-refractivity contribution in [1.82, 2.24) is 0 Å². The van der Waals surface area contributed by atoms with Crippen LogP contribution in [0.5, 0.6) is 0 Å². The van der Waals surface area contributed by atoms with Crippen molar-refractivity contribution in [3.63, 3.8) is 0 Å². The van der Waals surface area contributed by atoms with E-state index < -0.39 is 47.2 Å². The number of aliphatic hydroxyl groups excluding tert-OH is 2. The van der Waals surface area contributed by atoms with Crippen molar-refractivity contribution in [2.45, 2.75) is 183 Å². The van der Waals surface area contributed by atoms with Crippen LogP contribution in [0.3, 0.4) is 0 Å². The quantitative estimate of drug-likeness (QED) is 0.107. The molecule has 336 valence electrons. The predicted molar refractivity (Wildman–Crippen MR) is 231 cm³/mol. The van der Waals surface area contributed by atoms with Gasteiger partial charge in [0, 0.05) is 18.3 Å². The predicted octanol–water partition coefficient (Wildman–Crippen LogP) is 9.17. The Kier molecular flexibility index (Phi) is 16.2. The van der Waals surface area contributed by atoms with E-state index in [1.54, 1.807) is 0 Å². The van der Waals surface area contributed by atoms with Crippen LogP contribution in [0.1, 0.15) is 146 Å². The zero-order valence-electron chi connectivity index (χ0n) is 38.2. The van der Waals surface area contributed by atoms with E-state index in [4.69, 9.17) is 18.9 Å². The molecule has 1 unspecified atom stereocenters. The van der Waals surface area contributed by atoms with E-state index in [9.17, 15) is 29.4 Å². The normalized spacial score (nSPS) is 33.9. The van der Waals surface area contributed by atoms with Crippen molar-refractivity contribution in [2.75, 3.05) is 0 Å². The molecule has 10 heteroatoms. The zero-order valence-corrected chi connectivity index (χ0v) is 38.2. The molecule has 4 aliphatic carbocycles. The Morgan fingerprint density at radius 1 is 0.733 bits per heavy atom. The molecule has 60 heavy (non-hydrogen) atoms. The molecule has 0 aromatic heterocycles. The van der Waals surface area contributed by atoms with E-state index in [1.807, 2.05) is 41.5 Å². The van der Waals surface area contributed by atoms with E-state index >= 15 is 0 Å². The molecular weight excluding hydrogens is 761 g/mol. The van der Waals surface area contributed by atoms with Crippen LogP contribution in [0.25, 0.3) is 0 Å². The Hall–Kier alpha value is -3.24. The lowest BCUT2D eigenvalue weighted by Gasteiger charge is -2.44. The monoisotopic (exact) mass is 837 g/mol. The molecule has 2 N–H and O–H groups in total. The fraction of sp³-hybridized carbons (Fsp3) is 0.760. The first-order valence-corrected chi connectivity index (χ1v) is 23.2. The van der Waals surface area contributed by atoms with Gasteiger partial charge in [0.2, 0.25) is 0 Å². The summed E-state index contributed by atoms with van der Waals surface area (Å²) in [7, 11) is 0. The van der Waals surface area contributed by atoms with Crippen LogP contribution in [0.2, 0.25) is 0 Å². The maximum absolute atomic E-state index is 13.2. The molecule has 1 heterocycles. The number of carbonyl (C=O) groups excluding carboxylic acids is 4. The fourth-order valence-electron chi connectivity index (χ4n) is 10.1. The first-order valence-electron chi connectivity index (χ1n) is 23.2. The topological polar surface area (TPSA) is 146 Å². The summed E-state index contributed by atoms with van der Waals surface area (Å²) in [4.78, 5) is 52.3. The lowest BCUT2D eigenvalue weighted by atomic mass is 9.65. The summed E-state index contributed by atoms with van der Waals surface area (Å²) >= 11 is 0. The third kappa shape index (κ3) is 12.0. The molecule has 10 nitrogen and oxygen atoms in total. The highest BCUT2D eigenvalue weighted by molar-refractivity contribution is 5.76. The summed E-state index contributed by atoms with van der Waals surface area (Å²) in [5.74, 6) is 0.0528. The van der Waals surface area contributed by atoms with Crippen molar-refractivity contribution in [3.8, 4) is 0 Å². The smallest absolute Gasteiger partial charge is 0.311 e. The number of rotatable bonds is 17. The number of carbonyl (C=O) groups is 4. The average Bonchev–Trinajstić information content (AvgIpc) is 3.16. The third-order valence-corrected chi connectivity index (χ3v) is 14.7. The highest BCUT2D eigenvalue weighted by Gasteiger charge is 2.45. The summed E-state index contributed by atoms with van der Waals surface area (Å²) < 4.78 is 24.0. The minimum absolute atomic E-state index is 0.0194. The van der Waals surface area contributed by atoms with Crippen LogP contribution in [0.4, 0.5) is 0 Å². The number of cyclic esters (lactones) is 1. The van der Waals surface area contributed by atoms with Gasteiger partial charge in [0.1, 0.15) is 24.4 Å². The molecule has 0 aromatic rings.